The summed E-state index contributed by atoms with van der Waals surface area (Å²) in [6, 6.07) is 67.5. The van der Waals surface area contributed by atoms with E-state index >= 15 is 0 Å². The lowest BCUT2D eigenvalue weighted by atomic mass is 9.65. The van der Waals surface area contributed by atoms with E-state index < -0.39 is 5.41 Å². The van der Waals surface area contributed by atoms with Gasteiger partial charge in [-0.05, 0) is 94.3 Å². The summed E-state index contributed by atoms with van der Waals surface area (Å²) in [5.74, 6) is 0.690. The van der Waals surface area contributed by atoms with Crippen LogP contribution in [0.2, 0.25) is 0 Å². The third-order valence-electron chi connectivity index (χ3n) is 12.9. The van der Waals surface area contributed by atoms with E-state index in [1.165, 1.54) is 55.3 Å². The number of pyridine rings is 1. The van der Waals surface area contributed by atoms with Crippen molar-refractivity contribution in [2.24, 2.45) is 0 Å². The summed E-state index contributed by atoms with van der Waals surface area (Å²) in [5, 5.41) is 2.42. The fourth-order valence-electron chi connectivity index (χ4n) is 10.2. The average Bonchev–Trinajstić information content (AvgIpc) is 3.86. The van der Waals surface area contributed by atoms with Gasteiger partial charge < -0.3 is 4.57 Å². The molecule has 62 heavy (non-hydrogen) atoms. The van der Waals surface area contributed by atoms with Gasteiger partial charge in [-0.15, -0.1) is 0 Å². The zero-order valence-corrected chi connectivity index (χ0v) is 34.0. The van der Waals surface area contributed by atoms with Gasteiger partial charge in [-0.3, -0.25) is 4.98 Å². The molecule has 1 atom stereocenters. The molecule has 0 N–H and O–H groups in total. The molecule has 0 saturated carbocycles. The van der Waals surface area contributed by atoms with Crippen LogP contribution in [-0.2, 0) is 5.41 Å². The van der Waals surface area contributed by atoms with Crippen LogP contribution in [-0.4, -0.2) is 19.5 Å². The Morgan fingerprint density at radius 3 is 1.97 bits per heavy atom. The first-order chi connectivity index (χ1) is 30.8. The molecule has 0 aliphatic heterocycles. The standard InChI is InChI=1S/C58H40N4/c1-4-17-39(18-5-1)52-37-53(40-19-6-2-7-20-40)61-57(60-52)42-21-14-25-45(35-42)62-54-31-13-11-26-47(54)49-36-41(32-33-55(49)62)46-28-15-30-51-56(46)48-27-10-12-29-50(48)58(51,43-22-8-3-9-23-43)44-24-16-34-59-38-44/h1-8,10-22,24-38H,9,23H2. The average molecular weight is 793 g/mol. The maximum absolute atomic E-state index is 5.16. The van der Waals surface area contributed by atoms with E-state index in [0.29, 0.717) is 5.82 Å². The summed E-state index contributed by atoms with van der Waals surface area (Å²) in [4.78, 5) is 15.0. The molecule has 3 heterocycles. The first kappa shape index (κ1) is 35.9. The topological polar surface area (TPSA) is 43.6 Å². The highest BCUT2D eigenvalue weighted by molar-refractivity contribution is 6.11. The van der Waals surface area contributed by atoms with Crippen LogP contribution in [0, 0.1) is 0 Å². The fourth-order valence-corrected chi connectivity index (χ4v) is 10.2. The van der Waals surface area contributed by atoms with Crippen LogP contribution >= 0.6 is 0 Å². The third kappa shape index (κ3) is 5.64. The largest absolute Gasteiger partial charge is 0.309 e. The Labute approximate surface area is 360 Å². The Morgan fingerprint density at radius 2 is 1.19 bits per heavy atom. The van der Waals surface area contributed by atoms with Gasteiger partial charge in [-0.25, -0.2) is 9.97 Å². The van der Waals surface area contributed by atoms with Gasteiger partial charge in [0.2, 0.25) is 0 Å². The van der Waals surface area contributed by atoms with E-state index in [0.717, 1.165) is 57.6 Å². The smallest absolute Gasteiger partial charge is 0.160 e. The predicted molar refractivity (Wildman–Crippen MR) is 254 cm³/mol. The van der Waals surface area contributed by atoms with Crippen molar-refractivity contribution in [1.29, 1.82) is 0 Å². The molecule has 0 fully saturated rings. The van der Waals surface area contributed by atoms with Crippen molar-refractivity contribution in [3.05, 3.63) is 241 Å². The van der Waals surface area contributed by atoms with Crippen molar-refractivity contribution in [1.82, 2.24) is 19.5 Å². The second kappa shape index (κ2) is 14.6. The van der Waals surface area contributed by atoms with Crippen molar-refractivity contribution < 1.29 is 0 Å². The van der Waals surface area contributed by atoms with Crippen LogP contribution in [0.1, 0.15) is 29.5 Å². The lowest BCUT2D eigenvalue weighted by Gasteiger charge is -2.36. The minimum atomic E-state index is -0.432. The van der Waals surface area contributed by atoms with Crippen molar-refractivity contribution in [3.63, 3.8) is 0 Å². The Balaban J connectivity index is 1.03. The molecule has 10 aromatic rings. The van der Waals surface area contributed by atoms with Crippen molar-refractivity contribution in [3.8, 4) is 61.8 Å². The van der Waals surface area contributed by atoms with Crippen LogP contribution < -0.4 is 0 Å². The molecule has 12 rings (SSSR count). The molecule has 4 nitrogen and oxygen atoms in total. The van der Waals surface area contributed by atoms with Gasteiger partial charge in [0, 0.05) is 45.5 Å². The minimum Gasteiger partial charge on any atom is -0.309 e. The van der Waals surface area contributed by atoms with Crippen LogP contribution in [0.4, 0.5) is 0 Å². The van der Waals surface area contributed by atoms with Crippen LogP contribution in [0.15, 0.2) is 224 Å². The maximum atomic E-state index is 5.16. The summed E-state index contributed by atoms with van der Waals surface area (Å²) in [6.45, 7) is 0. The van der Waals surface area contributed by atoms with Gasteiger partial charge in [0.25, 0.3) is 0 Å². The normalized spacial score (nSPS) is 15.4. The summed E-state index contributed by atoms with van der Waals surface area (Å²) in [6.07, 6.45) is 12.8. The summed E-state index contributed by atoms with van der Waals surface area (Å²) >= 11 is 0. The summed E-state index contributed by atoms with van der Waals surface area (Å²) < 4.78 is 2.39. The highest BCUT2D eigenvalue weighted by Gasteiger charge is 2.48. The summed E-state index contributed by atoms with van der Waals surface area (Å²) in [7, 11) is 0. The second-order valence-corrected chi connectivity index (χ2v) is 16.3. The second-order valence-electron chi connectivity index (χ2n) is 16.3. The van der Waals surface area contributed by atoms with Gasteiger partial charge in [0.1, 0.15) is 0 Å². The molecule has 0 radical (unpaired) electrons. The molecule has 3 aromatic heterocycles. The van der Waals surface area contributed by atoms with E-state index in [2.05, 4.69) is 210 Å². The molecule has 7 aromatic carbocycles. The highest BCUT2D eigenvalue weighted by atomic mass is 15.0. The SMILES string of the molecule is C1=CCCC(C2(c3cccnc3)c3ccccc3-c3c(-c4ccc5c(c4)c4ccccc4n5-c4cccc(-c5nc(-c6ccccc6)cc(-c6ccccc6)n5)c4)cccc32)=C1. The number of nitrogens with zero attached hydrogens (tertiary/aromatic N) is 4. The number of benzene rings is 7. The van der Waals surface area contributed by atoms with Gasteiger partial charge in [0.15, 0.2) is 5.82 Å². The van der Waals surface area contributed by atoms with Gasteiger partial charge in [-0.1, -0.05) is 169 Å². The lowest BCUT2D eigenvalue weighted by molar-refractivity contribution is 0.689. The lowest BCUT2D eigenvalue weighted by Crippen LogP contribution is -2.30. The number of para-hydroxylation sites is 1. The molecule has 4 heteroatoms. The van der Waals surface area contributed by atoms with E-state index in [1.807, 2.05) is 18.3 Å². The molecule has 2 aliphatic carbocycles. The van der Waals surface area contributed by atoms with Gasteiger partial charge in [-0.2, -0.15) is 0 Å². The monoisotopic (exact) mass is 792 g/mol. The Morgan fingerprint density at radius 1 is 0.500 bits per heavy atom. The van der Waals surface area contributed by atoms with E-state index in [9.17, 15) is 0 Å². The molecular formula is C58H40N4. The van der Waals surface area contributed by atoms with Crippen LogP contribution in [0.25, 0.3) is 83.6 Å². The Bertz CT molecular complexity index is 3340. The van der Waals surface area contributed by atoms with Gasteiger partial charge >= 0.3 is 0 Å². The Kier molecular flexibility index (Phi) is 8.49. The third-order valence-corrected chi connectivity index (χ3v) is 12.9. The predicted octanol–water partition coefficient (Wildman–Crippen LogP) is 14.2. The number of hydrogen-bond donors (Lipinski definition) is 0. The van der Waals surface area contributed by atoms with Crippen molar-refractivity contribution in [2.45, 2.75) is 18.3 Å². The molecule has 0 saturated heterocycles. The number of aromatic nitrogens is 4. The molecule has 1 unspecified atom stereocenters. The maximum Gasteiger partial charge on any atom is 0.160 e. The fraction of sp³-hybridized carbons (Fsp3) is 0.0517. The number of fused-ring (bicyclic) bond motifs is 6. The number of hydrogen-bond acceptors (Lipinski definition) is 3. The van der Waals surface area contributed by atoms with Crippen LogP contribution in [0.3, 0.4) is 0 Å². The zero-order chi connectivity index (χ0) is 41.0. The van der Waals surface area contributed by atoms with Crippen molar-refractivity contribution in [2.75, 3.05) is 0 Å². The minimum absolute atomic E-state index is 0.432. The molecule has 0 spiro atoms. The van der Waals surface area contributed by atoms with Crippen molar-refractivity contribution >= 4 is 21.8 Å². The highest BCUT2D eigenvalue weighted by Crippen LogP contribution is 2.59. The first-order valence-corrected chi connectivity index (χ1v) is 21.4. The number of rotatable bonds is 7. The first-order valence-electron chi connectivity index (χ1n) is 21.4. The van der Waals surface area contributed by atoms with E-state index in [4.69, 9.17) is 9.97 Å². The molecular weight excluding hydrogens is 753 g/mol. The number of allylic oxidation sites excluding steroid dienone is 4. The Hall–Kier alpha value is -7.95. The molecule has 292 valence electrons. The van der Waals surface area contributed by atoms with E-state index in [-0.39, 0.29) is 0 Å². The van der Waals surface area contributed by atoms with E-state index in [1.54, 1.807) is 0 Å². The summed E-state index contributed by atoms with van der Waals surface area (Å²) in [5.41, 5.74) is 18.0. The zero-order valence-electron chi connectivity index (χ0n) is 34.0. The van der Waals surface area contributed by atoms with Gasteiger partial charge in [0.05, 0.1) is 27.8 Å². The molecule has 0 bridgehead atoms. The molecule has 0 amide bonds. The quantitative estimate of drug-likeness (QED) is 0.161. The van der Waals surface area contributed by atoms with Crippen LogP contribution in [0.5, 0.6) is 0 Å². The molecule has 2 aliphatic rings.